The fourth-order valence-corrected chi connectivity index (χ4v) is 2.86. The molecule has 110 valence electrons. The number of aliphatic imine (C=N–C) groups is 1. The predicted octanol–water partition coefficient (Wildman–Crippen LogP) is 3.41. The van der Waals surface area contributed by atoms with Crippen LogP contribution in [0.3, 0.4) is 0 Å². The van der Waals surface area contributed by atoms with Gasteiger partial charge in [0, 0.05) is 19.2 Å². The summed E-state index contributed by atoms with van der Waals surface area (Å²) >= 11 is 0. The Kier molecular flexibility index (Phi) is 6.06. The molecule has 1 aromatic carbocycles. The first-order valence-electron chi connectivity index (χ1n) is 7.72. The van der Waals surface area contributed by atoms with Crippen LogP contribution in [-0.2, 0) is 0 Å². The quantitative estimate of drug-likeness (QED) is 0.808. The van der Waals surface area contributed by atoms with Crippen molar-refractivity contribution < 1.29 is 4.74 Å². The molecular formula is C17H26N2O. The molecule has 0 radical (unpaired) electrons. The van der Waals surface area contributed by atoms with E-state index in [9.17, 15) is 0 Å². The van der Waals surface area contributed by atoms with Crippen LogP contribution in [0.1, 0.15) is 44.1 Å². The standard InChI is InChI=1S/C17H26N2O/c1-19-17(10-11-18)15-8-5-9-16(12-15)20-13-14-6-3-2-4-7-14/h5,8-9,12,14H,2-4,6-7,10-11,13,18H2,1H3. The maximum absolute atomic E-state index is 5.97. The van der Waals surface area contributed by atoms with Crippen LogP contribution in [0.25, 0.3) is 0 Å². The van der Waals surface area contributed by atoms with Crippen LogP contribution in [-0.4, -0.2) is 25.9 Å². The number of ether oxygens (including phenoxy) is 1. The monoisotopic (exact) mass is 274 g/mol. The van der Waals surface area contributed by atoms with Gasteiger partial charge in [-0.05, 0) is 43.0 Å². The number of benzene rings is 1. The Morgan fingerprint density at radius 1 is 1.30 bits per heavy atom. The van der Waals surface area contributed by atoms with E-state index in [-0.39, 0.29) is 0 Å². The zero-order chi connectivity index (χ0) is 14.2. The Hall–Kier alpha value is -1.35. The van der Waals surface area contributed by atoms with Gasteiger partial charge in [0.15, 0.2) is 0 Å². The zero-order valence-corrected chi connectivity index (χ0v) is 12.5. The minimum atomic E-state index is 0.625. The Labute approximate surface area is 122 Å². The largest absolute Gasteiger partial charge is 0.493 e. The molecule has 1 aromatic rings. The number of nitrogens with zero attached hydrogens (tertiary/aromatic N) is 1. The lowest BCUT2D eigenvalue weighted by atomic mass is 9.90. The van der Waals surface area contributed by atoms with Crippen molar-refractivity contribution in [1.29, 1.82) is 0 Å². The van der Waals surface area contributed by atoms with Gasteiger partial charge in [-0.1, -0.05) is 31.4 Å². The van der Waals surface area contributed by atoms with E-state index in [4.69, 9.17) is 10.5 Å². The smallest absolute Gasteiger partial charge is 0.119 e. The van der Waals surface area contributed by atoms with Gasteiger partial charge in [-0.25, -0.2) is 0 Å². The summed E-state index contributed by atoms with van der Waals surface area (Å²) in [5, 5.41) is 0. The third kappa shape index (κ3) is 4.34. The molecule has 2 rings (SSSR count). The first-order chi connectivity index (χ1) is 9.83. The van der Waals surface area contributed by atoms with Crippen molar-refractivity contribution in [2.24, 2.45) is 16.6 Å². The molecule has 0 heterocycles. The van der Waals surface area contributed by atoms with E-state index in [1.807, 2.05) is 19.2 Å². The molecule has 3 heteroatoms. The molecule has 0 aromatic heterocycles. The highest BCUT2D eigenvalue weighted by atomic mass is 16.5. The average Bonchev–Trinajstić information content (AvgIpc) is 2.52. The molecule has 0 spiro atoms. The zero-order valence-electron chi connectivity index (χ0n) is 12.5. The summed E-state index contributed by atoms with van der Waals surface area (Å²) in [6, 6.07) is 8.22. The molecule has 20 heavy (non-hydrogen) atoms. The lowest BCUT2D eigenvalue weighted by molar-refractivity contribution is 0.209. The van der Waals surface area contributed by atoms with Crippen molar-refractivity contribution in [1.82, 2.24) is 0 Å². The van der Waals surface area contributed by atoms with Crippen molar-refractivity contribution in [2.45, 2.75) is 38.5 Å². The predicted molar refractivity (Wildman–Crippen MR) is 84.6 cm³/mol. The lowest BCUT2D eigenvalue weighted by Gasteiger charge is -2.21. The first-order valence-corrected chi connectivity index (χ1v) is 7.72. The molecule has 0 saturated heterocycles. The Morgan fingerprint density at radius 3 is 2.80 bits per heavy atom. The highest BCUT2D eigenvalue weighted by Gasteiger charge is 2.14. The van der Waals surface area contributed by atoms with Gasteiger partial charge >= 0.3 is 0 Å². The molecule has 1 aliphatic rings. The van der Waals surface area contributed by atoms with Crippen LogP contribution in [0, 0.1) is 5.92 Å². The van der Waals surface area contributed by atoms with E-state index < -0.39 is 0 Å². The summed E-state index contributed by atoms with van der Waals surface area (Å²) in [6.07, 6.45) is 7.54. The van der Waals surface area contributed by atoms with Crippen LogP contribution in [0.5, 0.6) is 5.75 Å². The fourth-order valence-electron chi connectivity index (χ4n) is 2.86. The second kappa shape index (κ2) is 8.05. The summed E-state index contributed by atoms with van der Waals surface area (Å²) in [7, 11) is 1.82. The van der Waals surface area contributed by atoms with Gasteiger partial charge in [-0.3, -0.25) is 4.99 Å². The maximum atomic E-state index is 5.97. The van der Waals surface area contributed by atoms with Crippen LogP contribution in [0.15, 0.2) is 29.3 Å². The first kappa shape index (κ1) is 15.0. The molecular weight excluding hydrogens is 248 g/mol. The third-order valence-corrected chi connectivity index (χ3v) is 4.03. The van der Waals surface area contributed by atoms with Crippen molar-refractivity contribution in [2.75, 3.05) is 20.2 Å². The maximum Gasteiger partial charge on any atom is 0.119 e. The van der Waals surface area contributed by atoms with Crippen molar-refractivity contribution >= 4 is 5.71 Å². The average molecular weight is 274 g/mol. The molecule has 1 fully saturated rings. The summed E-state index contributed by atoms with van der Waals surface area (Å²) in [5.41, 5.74) is 7.80. The van der Waals surface area contributed by atoms with E-state index in [1.165, 1.54) is 32.1 Å². The topological polar surface area (TPSA) is 47.6 Å². The van der Waals surface area contributed by atoms with Crippen molar-refractivity contribution in [3.63, 3.8) is 0 Å². The number of nitrogens with two attached hydrogens (primary N) is 1. The number of rotatable bonds is 6. The lowest BCUT2D eigenvalue weighted by Crippen LogP contribution is -2.15. The van der Waals surface area contributed by atoms with Crippen LogP contribution in [0.4, 0.5) is 0 Å². The molecule has 0 bridgehead atoms. The van der Waals surface area contributed by atoms with Gasteiger partial charge in [0.1, 0.15) is 5.75 Å². The SMILES string of the molecule is CN=C(CCN)c1cccc(OCC2CCCCC2)c1. The van der Waals surface area contributed by atoms with Crippen LogP contribution in [0.2, 0.25) is 0 Å². The second-order valence-electron chi connectivity index (χ2n) is 5.55. The summed E-state index contributed by atoms with van der Waals surface area (Å²) in [6.45, 7) is 1.47. The summed E-state index contributed by atoms with van der Waals surface area (Å²) < 4.78 is 5.97. The molecule has 2 N–H and O–H groups in total. The molecule has 0 unspecified atom stereocenters. The van der Waals surface area contributed by atoms with Gasteiger partial charge in [0.25, 0.3) is 0 Å². The van der Waals surface area contributed by atoms with Gasteiger partial charge in [-0.2, -0.15) is 0 Å². The van der Waals surface area contributed by atoms with E-state index in [2.05, 4.69) is 17.1 Å². The Bertz CT molecular complexity index is 436. The molecule has 0 amide bonds. The second-order valence-corrected chi connectivity index (χ2v) is 5.55. The van der Waals surface area contributed by atoms with E-state index >= 15 is 0 Å². The summed E-state index contributed by atoms with van der Waals surface area (Å²) in [5.74, 6) is 1.68. The Balaban J connectivity index is 1.94. The van der Waals surface area contributed by atoms with Crippen LogP contribution >= 0.6 is 0 Å². The molecule has 1 saturated carbocycles. The normalized spacial score (nSPS) is 17.2. The van der Waals surface area contributed by atoms with Gasteiger partial charge in [0.05, 0.1) is 6.61 Å². The van der Waals surface area contributed by atoms with Gasteiger partial charge in [-0.15, -0.1) is 0 Å². The van der Waals surface area contributed by atoms with E-state index in [0.717, 1.165) is 36.0 Å². The van der Waals surface area contributed by atoms with Gasteiger partial charge in [0.2, 0.25) is 0 Å². The highest BCUT2D eigenvalue weighted by molar-refractivity contribution is 6.00. The highest BCUT2D eigenvalue weighted by Crippen LogP contribution is 2.25. The van der Waals surface area contributed by atoms with E-state index in [1.54, 1.807) is 0 Å². The molecule has 0 atom stereocenters. The molecule has 1 aliphatic carbocycles. The minimum Gasteiger partial charge on any atom is -0.493 e. The van der Waals surface area contributed by atoms with Crippen molar-refractivity contribution in [3.05, 3.63) is 29.8 Å². The number of hydrogen-bond acceptors (Lipinski definition) is 3. The number of hydrogen-bond donors (Lipinski definition) is 1. The summed E-state index contributed by atoms with van der Waals surface area (Å²) in [4.78, 5) is 4.32. The molecule has 0 aliphatic heterocycles. The van der Waals surface area contributed by atoms with Gasteiger partial charge < -0.3 is 10.5 Å². The van der Waals surface area contributed by atoms with Crippen molar-refractivity contribution in [3.8, 4) is 5.75 Å². The Morgan fingerprint density at radius 2 is 2.10 bits per heavy atom. The minimum absolute atomic E-state index is 0.625. The molecule has 3 nitrogen and oxygen atoms in total. The third-order valence-electron chi connectivity index (χ3n) is 4.03. The fraction of sp³-hybridized carbons (Fsp3) is 0.588. The van der Waals surface area contributed by atoms with E-state index in [0.29, 0.717) is 6.54 Å². The van der Waals surface area contributed by atoms with Crippen LogP contribution < -0.4 is 10.5 Å².